The number of carbonyl (C=O) groups excluding carboxylic acids is 1. The Kier molecular flexibility index (Phi) is 4.58. The van der Waals surface area contributed by atoms with Gasteiger partial charge in [0, 0.05) is 36.6 Å². The van der Waals surface area contributed by atoms with Gasteiger partial charge in [-0.2, -0.15) is 4.39 Å². The Morgan fingerprint density at radius 2 is 2.04 bits per heavy atom. The van der Waals surface area contributed by atoms with Gasteiger partial charge in [-0.15, -0.1) is 10.2 Å². The van der Waals surface area contributed by atoms with E-state index in [4.69, 9.17) is 0 Å². The van der Waals surface area contributed by atoms with Gasteiger partial charge in [0.1, 0.15) is 0 Å². The molecule has 27 heavy (non-hydrogen) atoms. The van der Waals surface area contributed by atoms with Crippen LogP contribution in [0, 0.1) is 18.8 Å². The van der Waals surface area contributed by atoms with Crippen molar-refractivity contribution in [3.8, 4) is 11.3 Å². The molecular formula is C20H18FN5O. The van der Waals surface area contributed by atoms with Crippen LogP contribution in [-0.4, -0.2) is 32.6 Å². The lowest BCUT2D eigenvalue weighted by Crippen LogP contribution is -2.28. The molecule has 0 unspecified atom stereocenters. The van der Waals surface area contributed by atoms with Gasteiger partial charge in [-0.05, 0) is 55.2 Å². The average Bonchev–Trinajstić information content (AvgIpc) is 3.05. The van der Waals surface area contributed by atoms with E-state index in [9.17, 15) is 9.18 Å². The van der Waals surface area contributed by atoms with Crippen molar-refractivity contribution < 1.29 is 9.18 Å². The van der Waals surface area contributed by atoms with E-state index in [1.165, 1.54) is 12.3 Å². The molecule has 4 heterocycles. The molecule has 1 saturated heterocycles. The molecule has 0 spiro atoms. The second kappa shape index (κ2) is 7.19. The monoisotopic (exact) mass is 363 g/mol. The normalized spacial score (nSPS) is 16.7. The van der Waals surface area contributed by atoms with Crippen LogP contribution in [0.2, 0.25) is 0 Å². The number of aromatic nitrogens is 4. The standard InChI is InChI=1S/C20H18FN5O/c1-13-11-22-8-6-16(13)17-3-5-19(25-24-17)26-9-7-15(20(26)27)10-14-2-4-18(21)23-12-14/h2-6,8,11-12,15H,7,9-10H2,1H3/t15-/m1/s1. The van der Waals surface area contributed by atoms with Crippen LogP contribution in [0.1, 0.15) is 17.5 Å². The van der Waals surface area contributed by atoms with Crippen LogP contribution < -0.4 is 4.90 Å². The van der Waals surface area contributed by atoms with E-state index in [0.717, 1.165) is 28.8 Å². The van der Waals surface area contributed by atoms with Crippen LogP contribution in [0.25, 0.3) is 11.3 Å². The van der Waals surface area contributed by atoms with Crippen molar-refractivity contribution in [2.75, 3.05) is 11.4 Å². The van der Waals surface area contributed by atoms with Gasteiger partial charge >= 0.3 is 0 Å². The highest BCUT2D eigenvalue weighted by atomic mass is 19.1. The summed E-state index contributed by atoms with van der Waals surface area (Å²) in [4.78, 5) is 22.1. The van der Waals surface area contributed by atoms with E-state index >= 15 is 0 Å². The molecule has 1 amide bonds. The summed E-state index contributed by atoms with van der Waals surface area (Å²) < 4.78 is 12.9. The molecule has 1 atom stereocenters. The Bertz CT molecular complexity index is 959. The molecule has 6 nitrogen and oxygen atoms in total. The number of nitrogens with zero attached hydrogens (tertiary/aromatic N) is 5. The predicted octanol–water partition coefficient (Wildman–Crippen LogP) is 2.98. The van der Waals surface area contributed by atoms with Gasteiger partial charge in [-0.3, -0.25) is 14.7 Å². The molecule has 1 aliphatic heterocycles. The fraction of sp³-hybridized carbons (Fsp3) is 0.250. The topological polar surface area (TPSA) is 71.9 Å². The molecule has 7 heteroatoms. The Labute approximate surface area is 156 Å². The number of anilines is 1. The van der Waals surface area contributed by atoms with Crippen molar-refractivity contribution in [3.05, 3.63) is 66.0 Å². The fourth-order valence-electron chi connectivity index (χ4n) is 3.34. The largest absolute Gasteiger partial charge is 0.295 e. The zero-order valence-electron chi connectivity index (χ0n) is 14.8. The summed E-state index contributed by atoms with van der Waals surface area (Å²) in [6.45, 7) is 2.57. The van der Waals surface area contributed by atoms with Gasteiger partial charge < -0.3 is 0 Å². The van der Waals surface area contributed by atoms with Crippen molar-refractivity contribution in [2.24, 2.45) is 5.92 Å². The van der Waals surface area contributed by atoms with E-state index in [2.05, 4.69) is 20.2 Å². The summed E-state index contributed by atoms with van der Waals surface area (Å²) in [6, 6.07) is 8.58. The van der Waals surface area contributed by atoms with Crippen LogP contribution in [0.3, 0.4) is 0 Å². The molecule has 136 valence electrons. The molecule has 0 aliphatic carbocycles. The summed E-state index contributed by atoms with van der Waals surface area (Å²) in [5.41, 5.74) is 3.59. The van der Waals surface area contributed by atoms with E-state index in [0.29, 0.717) is 18.8 Å². The zero-order chi connectivity index (χ0) is 18.8. The van der Waals surface area contributed by atoms with Crippen LogP contribution in [0.15, 0.2) is 48.9 Å². The molecule has 1 aliphatic rings. The minimum atomic E-state index is -0.516. The lowest BCUT2D eigenvalue weighted by molar-refractivity contribution is -0.120. The smallest absolute Gasteiger partial charge is 0.231 e. The molecular weight excluding hydrogens is 345 g/mol. The van der Waals surface area contributed by atoms with Gasteiger partial charge in [0.2, 0.25) is 11.9 Å². The lowest BCUT2D eigenvalue weighted by atomic mass is 9.99. The van der Waals surface area contributed by atoms with Crippen LogP contribution in [0.4, 0.5) is 10.2 Å². The van der Waals surface area contributed by atoms with Crippen molar-refractivity contribution in [1.82, 2.24) is 20.2 Å². The first kappa shape index (κ1) is 17.2. The third kappa shape index (κ3) is 3.53. The quantitative estimate of drug-likeness (QED) is 0.667. The first-order valence-corrected chi connectivity index (χ1v) is 8.78. The van der Waals surface area contributed by atoms with Crippen LogP contribution in [0.5, 0.6) is 0 Å². The van der Waals surface area contributed by atoms with Gasteiger partial charge in [0.15, 0.2) is 5.82 Å². The third-order valence-electron chi connectivity index (χ3n) is 4.81. The van der Waals surface area contributed by atoms with E-state index in [1.807, 2.05) is 25.1 Å². The average molecular weight is 363 g/mol. The molecule has 0 N–H and O–H groups in total. The minimum Gasteiger partial charge on any atom is -0.295 e. The Morgan fingerprint density at radius 1 is 1.15 bits per heavy atom. The number of hydrogen-bond acceptors (Lipinski definition) is 5. The van der Waals surface area contributed by atoms with E-state index < -0.39 is 5.95 Å². The summed E-state index contributed by atoms with van der Waals surface area (Å²) in [7, 11) is 0. The number of pyridine rings is 2. The maximum atomic E-state index is 12.9. The summed E-state index contributed by atoms with van der Waals surface area (Å²) in [5.74, 6) is -0.101. The van der Waals surface area contributed by atoms with Crippen molar-refractivity contribution in [1.29, 1.82) is 0 Å². The highest BCUT2D eigenvalue weighted by molar-refractivity contribution is 5.96. The fourth-order valence-corrected chi connectivity index (χ4v) is 3.34. The number of rotatable bonds is 4. The summed E-state index contributed by atoms with van der Waals surface area (Å²) >= 11 is 0. The van der Waals surface area contributed by atoms with Gasteiger partial charge in [-0.25, -0.2) is 4.98 Å². The van der Waals surface area contributed by atoms with Gasteiger partial charge in [0.25, 0.3) is 0 Å². The number of halogens is 1. The first-order chi connectivity index (χ1) is 13.1. The van der Waals surface area contributed by atoms with Crippen LogP contribution in [-0.2, 0) is 11.2 Å². The summed E-state index contributed by atoms with van der Waals surface area (Å²) in [6.07, 6.45) is 6.25. The zero-order valence-corrected chi connectivity index (χ0v) is 14.8. The van der Waals surface area contributed by atoms with E-state index in [1.54, 1.807) is 23.4 Å². The number of hydrogen-bond donors (Lipinski definition) is 0. The van der Waals surface area contributed by atoms with E-state index in [-0.39, 0.29) is 11.8 Å². The SMILES string of the molecule is Cc1cnccc1-c1ccc(N2CC[C@H](Cc3ccc(F)nc3)C2=O)nn1. The second-order valence-electron chi connectivity index (χ2n) is 6.64. The Balaban J connectivity index is 1.48. The molecule has 0 radical (unpaired) electrons. The molecule has 4 rings (SSSR count). The molecule has 3 aromatic heterocycles. The molecule has 0 aromatic carbocycles. The van der Waals surface area contributed by atoms with Gasteiger partial charge in [0.05, 0.1) is 5.69 Å². The number of aryl methyl sites for hydroxylation is 1. The molecule has 3 aromatic rings. The number of carbonyl (C=O) groups is 1. The molecule has 0 bridgehead atoms. The summed E-state index contributed by atoms with van der Waals surface area (Å²) in [5, 5.41) is 8.54. The predicted molar refractivity (Wildman–Crippen MR) is 98.4 cm³/mol. The van der Waals surface area contributed by atoms with Gasteiger partial charge in [-0.1, -0.05) is 6.07 Å². The molecule has 0 saturated carbocycles. The highest BCUT2D eigenvalue weighted by Gasteiger charge is 2.33. The Morgan fingerprint density at radius 3 is 2.74 bits per heavy atom. The maximum absolute atomic E-state index is 12.9. The third-order valence-corrected chi connectivity index (χ3v) is 4.81. The highest BCUT2D eigenvalue weighted by Crippen LogP contribution is 2.27. The minimum absolute atomic E-state index is 0.0152. The first-order valence-electron chi connectivity index (χ1n) is 8.78. The van der Waals surface area contributed by atoms with Crippen molar-refractivity contribution in [3.63, 3.8) is 0 Å². The lowest BCUT2D eigenvalue weighted by Gasteiger charge is -2.15. The number of amides is 1. The van der Waals surface area contributed by atoms with Crippen molar-refractivity contribution in [2.45, 2.75) is 19.8 Å². The van der Waals surface area contributed by atoms with Crippen molar-refractivity contribution >= 4 is 11.7 Å². The second-order valence-corrected chi connectivity index (χ2v) is 6.64. The maximum Gasteiger partial charge on any atom is 0.231 e. The molecule has 1 fully saturated rings. The Hall–Kier alpha value is -3.22. The van der Waals surface area contributed by atoms with Crippen LogP contribution >= 0.6 is 0 Å².